The summed E-state index contributed by atoms with van der Waals surface area (Å²) < 4.78 is 0. The third-order valence-electron chi connectivity index (χ3n) is 3.40. The summed E-state index contributed by atoms with van der Waals surface area (Å²) in [4.78, 5) is 15.9. The molecule has 2 unspecified atom stereocenters. The Kier molecular flexibility index (Phi) is 4.07. The van der Waals surface area contributed by atoms with E-state index in [0.29, 0.717) is 16.5 Å². The van der Waals surface area contributed by atoms with Crippen LogP contribution in [0.2, 0.25) is 5.02 Å². The first-order valence-electron chi connectivity index (χ1n) is 6.28. The lowest BCUT2D eigenvalue weighted by Gasteiger charge is -2.27. The molecule has 1 fully saturated rings. The highest BCUT2D eigenvalue weighted by Gasteiger charge is 2.21. The van der Waals surface area contributed by atoms with Gasteiger partial charge in [-0.2, -0.15) is 0 Å². The number of rotatable bonds is 2. The van der Waals surface area contributed by atoms with Crippen molar-refractivity contribution in [1.82, 2.24) is 10.3 Å². The first-order chi connectivity index (χ1) is 8.56. The molecule has 1 aliphatic carbocycles. The van der Waals surface area contributed by atoms with E-state index in [1.807, 2.05) is 0 Å². The summed E-state index contributed by atoms with van der Waals surface area (Å²) in [5.74, 6) is 0.806. The van der Waals surface area contributed by atoms with Gasteiger partial charge in [0.1, 0.15) is 5.82 Å². The van der Waals surface area contributed by atoms with Crippen molar-refractivity contribution in [2.75, 3.05) is 5.73 Å². The third kappa shape index (κ3) is 3.13. The molecule has 0 aromatic carbocycles. The number of nitrogens with two attached hydrogens (primary N) is 1. The fourth-order valence-electron chi connectivity index (χ4n) is 2.41. The first-order valence-corrected chi connectivity index (χ1v) is 6.66. The van der Waals surface area contributed by atoms with Gasteiger partial charge in [0.05, 0.1) is 10.6 Å². The van der Waals surface area contributed by atoms with E-state index >= 15 is 0 Å². The summed E-state index contributed by atoms with van der Waals surface area (Å²) in [6.45, 7) is 2.22. The molecular formula is C13H18ClN3O. The average molecular weight is 268 g/mol. The van der Waals surface area contributed by atoms with Gasteiger partial charge in [0.2, 0.25) is 0 Å². The minimum atomic E-state index is -0.122. The van der Waals surface area contributed by atoms with Crippen molar-refractivity contribution in [3.8, 4) is 0 Å². The van der Waals surface area contributed by atoms with Gasteiger partial charge in [-0.05, 0) is 24.8 Å². The normalized spacial score (nSPS) is 23.7. The largest absolute Gasteiger partial charge is 0.382 e. The molecule has 1 heterocycles. The number of aromatic nitrogens is 1. The van der Waals surface area contributed by atoms with Crippen molar-refractivity contribution in [2.45, 2.75) is 38.6 Å². The van der Waals surface area contributed by atoms with Crippen LogP contribution in [0.25, 0.3) is 0 Å². The summed E-state index contributed by atoms with van der Waals surface area (Å²) in [6, 6.07) is 1.82. The van der Waals surface area contributed by atoms with Gasteiger partial charge >= 0.3 is 0 Å². The fraction of sp³-hybridized carbons (Fsp3) is 0.538. The van der Waals surface area contributed by atoms with Crippen molar-refractivity contribution < 1.29 is 4.79 Å². The maximum atomic E-state index is 12.0. The minimum Gasteiger partial charge on any atom is -0.382 e. The predicted molar refractivity (Wildman–Crippen MR) is 72.5 cm³/mol. The van der Waals surface area contributed by atoms with Crippen LogP contribution in [0.15, 0.2) is 12.3 Å². The average Bonchev–Trinajstić information content (AvgIpc) is 2.32. The molecule has 0 radical (unpaired) electrons. The number of amides is 1. The van der Waals surface area contributed by atoms with E-state index in [0.717, 1.165) is 12.8 Å². The Morgan fingerprint density at radius 1 is 1.56 bits per heavy atom. The molecule has 4 nitrogen and oxygen atoms in total. The molecular weight excluding hydrogens is 250 g/mol. The molecule has 0 saturated heterocycles. The molecule has 98 valence electrons. The Morgan fingerprint density at radius 2 is 2.33 bits per heavy atom. The second-order valence-electron chi connectivity index (χ2n) is 5.03. The topological polar surface area (TPSA) is 68.0 Å². The van der Waals surface area contributed by atoms with Crippen LogP contribution in [0.1, 0.15) is 43.0 Å². The number of pyridine rings is 1. The summed E-state index contributed by atoms with van der Waals surface area (Å²) in [5, 5.41) is 3.35. The fourth-order valence-corrected chi connectivity index (χ4v) is 2.57. The van der Waals surface area contributed by atoms with Crippen LogP contribution >= 0.6 is 11.6 Å². The van der Waals surface area contributed by atoms with Crippen LogP contribution in [-0.2, 0) is 0 Å². The summed E-state index contributed by atoms with van der Waals surface area (Å²) >= 11 is 5.86. The molecule has 1 aromatic heterocycles. The van der Waals surface area contributed by atoms with Gasteiger partial charge in [0.25, 0.3) is 5.91 Å². The zero-order chi connectivity index (χ0) is 13.1. The minimum absolute atomic E-state index is 0.122. The Labute approximate surface area is 112 Å². The Balaban J connectivity index is 2.00. The van der Waals surface area contributed by atoms with Gasteiger partial charge in [0.15, 0.2) is 0 Å². The van der Waals surface area contributed by atoms with E-state index in [-0.39, 0.29) is 17.8 Å². The summed E-state index contributed by atoms with van der Waals surface area (Å²) in [5.41, 5.74) is 5.98. The smallest absolute Gasteiger partial charge is 0.253 e. The van der Waals surface area contributed by atoms with Crippen LogP contribution in [0.4, 0.5) is 5.82 Å². The van der Waals surface area contributed by atoms with E-state index in [1.165, 1.54) is 19.0 Å². The lowest BCUT2D eigenvalue weighted by Crippen LogP contribution is -2.38. The van der Waals surface area contributed by atoms with Gasteiger partial charge in [-0.15, -0.1) is 0 Å². The predicted octanol–water partition coefficient (Wildman–Crippen LogP) is 2.63. The first kappa shape index (κ1) is 13.1. The Morgan fingerprint density at radius 3 is 3.00 bits per heavy atom. The number of anilines is 1. The number of nitrogen functional groups attached to an aromatic ring is 1. The molecule has 2 rings (SSSR count). The second kappa shape index (κ2) is 5.57. The number of nitrogens with zero attached hydrogens (tertiary/aromatic N) is 1. The van der Waals surface area contributed by atoms with Crippen molar-refractivity contribution in [3.05, 3.63) is 22.8 Å². The van der Waals surface area contributed by atoms with E-state index in [1.54, 1.807) is 6.07 Å². The molecule has 18 heavy (non-hydrogen) atoms. The van der Waals surface area contributed by atoms with Crippen LogP contribution < -0.4 is 11.1 Å². The molecule has 0 aliphatic heterocycles. The SMILES string of the molecule is CC1CCCC(NC(=O)c2cnc(N)c(Cl)c2)C1. The van der Waals surface area contributed by atoms with Gasteiger partial charge < -0.3 is 11.1 Å². The van der Waals surface area contributed by atoms with Crippen LogP contribution in [0, 0.1) is 5.92 Å². The monoisotopic (exact) mass is 267 g/mol. The van der Waals surface area contributed by atoms with E-state index in [4.69, 9.17) is 17.3 Å². The number of nitrogens with one attached hydrogen (secondary N) is 1. The molecule has 2 atom stereocenters. The second-order valence-corrected chi connectivity index (χ2v) is 5.44. The lowest BCUT2D eigenvalue weighted by molar-refractivity contribution is 0.0921. The van der Waals surface area contributed by atoms with E-state index < -0.39 is 0 Å². The molecule has 0 spiro atoms. The molecule has 0 bridgehead atoms. The molecule has 1 aliphatic rings. The summed E-state index contributed by atoms with van der Waals surface area (Å²) in [6.07, 6.45) is 5.98. The third-order valence-corrected chi connectivity index (χ3v) is 3.71. The molecule has 5 heteroatoms. The van der Waals surface area contributed by atoms with Crippen molar-refractivity contribution in [1.29, 1.82) is 0 Å². The Bertz CT molecular complexity index is 450. The van der Waals surface area contributed by atoms with Crippen LogP contribution in [0.5, 0.6) is 0 Å². The van der Waals surface area contributed by atoms with Crippen LogP contribution in [-0.4, -0.2) is 16.9 Å². The molecule has 1 saturated carbocycles. The van der Waals surface area contributed by atoms with Crippen molar-refractivity contribution in [3.63, 3.8) is 0 Å². The number of carbonyl (C=O) groups excluding carboxylic acids is 1. The highest BCUT2D eigenvalue weighted by molar-refractivity contribution is 6.33. The van der Waals surface area contributed by atoms with Gasteiger partial charge in [0, 0.05) is 12.2 Å². The number of halogens is 1. The maximum absolute atomic E-state index is 12.0. The quantitative estimate of drug-likeness (QED) is 0.866. The summed E-state index contributed by atoms with van der Waals surface area (Å²) in [7, 11) is 0. The molecule has 1 aromatic rings. The van der Waals surface area contributed by atoms with Gasteiger partial charge in [-0.25, -0.2) is 4.98 Å². The standard InChI is InChI=1S/C13H18ClN3O/c1-8-3-2-4-10(5-8)17-13(18)9-6-11(14)12(15)16-7-9/h6-8,10H,2-5H2,1H3,(H2,15,16)(H,17,18). The van der Waals surface area contributed by atoms with E-state index in [2.05, 4.69) is 17.2 Å². The Hall–Kier alpha value is -1.29. The van der Waals surface area contributed by atoms with E-state index in [9.17, 15) is 4.79 Å². The number of hydrogen-bond donors (Lipinski definition) is 2. The van der Waals surface area contributed by atoms with Crippen LogP contribution in [0.3, 0.4) is 0 Å². The maximum Gasteiger partial charge on any atom is 0.253 e. The zero-order valence-electron chi connectivity index (χ0n) is 10.4. The zero-order valence-corrected chi connectivity index (χ0v) is 11.2. The van der Waals surface area contributed by atoms with Gasteiger partial charge in [-0.3, -0.25) is 4.79 Å². The van der Waals surface area contributed by atoms with Crippen molar-refractivity contribution >= 4 is 23.3 Å². The molecule has 3 N–H and O–H groups in total. The number of carbonyl (C=O) groups is 1. The van der Waals surface area contributed by atoms with Crippen molar-refractivity contribution in [2.24, 2.45) is 5.92 Å². The molecule has 1 amide bonds. The highest BCUT2D eigenvalue weighted by atomic mass is 35.5. The highest BCUT2D eigenvalue weighted by Crippen LogP contribution is 2.24. The number of hydrogen-bond acceptors (Lipinski definition) is 3. The van der Waals surface area contributed by atoms with Gasteiger partial charge in [-0.1, -0.05) is 31.4 Å². The lowest BCUT2D eigenvalue weighted by atomic mass is 9.87.